The Hall–Kier alpha value is -2.48. The van der Waals surface area contributed by atoms with E-state index in [4.69, 9.17) is 0 Å². The second-order valence-electron chi connectivity index (χ2n) is 4.36. The van der Waals surface area contributed by atoms with Crippen LogP contribution in [0.15, 0.2) is 41.3 Å². The predicted molar refractivity (Wildman–Crippen MR) is 80.7 cm³/mol. The van der Waals surface area contributed by atoms with Crippen molar-refractivity contribution < 1.29 is 4.79 Å². The van der Waals surface area contributed by atoms with E-state index < -0.39 is 0 Å². The molecule has 0 saturated carbocycles. The molecule has 0 atom stereocenters. The van der Waals surface area contributed by atoms with Crippen LogP contribution in [0.1, 0.15) is 10.5 Å². The summed E-state index contributed by atoms with van der Waals surface area (Å²) in [5.74, 6) is 0.111. The largest absolute Gasteiger partial charge is 0.304 e. The molecule has 3 rings (SSSR count). The second kappa shape index (κ2) is 5.49. The van der Waals surface area contributed by atoms with Crippen LogP contribution >= 0.6 is 15.9 Å². The summed E-state index contributed by atoms with van der Waals surface area (Å²) in [4.78, 5) is 16.1. The van der Waals surface area contributed by atoms with Gasteiger partial charge in [0.2, 0.25) is 0 Å². The summed E-state index contributed by atoms with van der Waals surface area (Å²) in [5.41, 5.74) is 2.05. The van der Waals surface area contributed by atoms with Gasteiger partial charge in [-0.2, -0.15) is 10.2 Å². The normalized spacial score (nSPS) is 10.6. The summed E-state index contributed by atoms with van der Waals surface area (Å²) in [6, 6.07) is 5.47. The van der Waals surface area contributed by atoms with Gasteiger partial charge in [-0.25, -0.2) is 0 Å². The van der Waals surface area contributed by atoms with E-state index in [1.165, 1.54) is 0 Å². The lowest BCUT2D eigenvalue weighted by Crippen LogP contribution is -2.13. The first-order valence-electron chi connectivity index (χ1n) is 6.10. The maximum absolute atomic E-state index is 12.1. The van der Waals surface area contributed by atoms with Crippen molar-refractivity contribution >= 4 is 27.7 Å². The highest BCUT2D eigenvalue weighted by molar-refractivity contribution is 9.10. The summed E-state index contributed by atoms with van der Waals surface area (Å²) < 4.78 is 2.19. The lowest BCUT2D eigenvalue weighted by molar-refractivity contribution is 0.102. The van der Waals surface area contributed by atoms with Crippen molar-refractivity contribution in [2.45, 2.75) is 0 Å². The molecule has 0 aliphatic carbocycles. The number of halogens is 1. The highest BCUT2D eigenvalue weighted by atomic mass is 79.9. The number of nitrogens with zero attached hydrogens (tertiary/aromatic N) is 4. The molecule has 8 heteroatoms. The quantitative estimate of drug-likeness (QED) is 0.760. The van der Waals surface area contributed by atoms with E-state index in [1.54, 1.807) is 36.4 Å². The number of rotatable bonds is 3. The average Bonchev–Trinajstić information content (AvgIpc) is 3.06. The van der Waals surface area contributed by atoms with E-state index in [0.29, 0.717) is 16.0 Å². The lowest BCUT2D eigenvalue weighted by Gasteiger charge is -1.98. The van der Waals surface area contributed by atoms with E-state index in [0.717, 1.165) is 11.3 Å². The number of carbonyl (C=O) groups is 1. The Kier molecular flexibility index (Phi) is 3.53. The molecular weight excluding hydrogens is 336 g/mol. The highest BCUT2D eigenvalue weighted by Crippen LogP contribution is 2.20. The molecule has 106 valence electrons. The van der Waals surface area contributed by atoms with Crippen molar-refractivity contribution in [1.82, 2.24) is 25.0 Å². The van der Waals surface area contributed by atoms with Crippen LogP contribution in [0.2, 0.25) is 0 Å². The Bertz CT molecular complexity index is 779. The van der Waals surface area contributed by atoms with Crippen LogP contribution in [-0.2, 0) is 7.05 Å². The molecule has 0 spiro atoms. The topological polar surface area (TPSA) is 88.5 Å². The van der Waals surface area contributed by atoms with Gasteiger partial charge in [0.15, 0.2) is 11.5 Å². The minimum Gasteiger partial charge on any atom is -0.304 e. The van der Waals surface area contributed by atoms with Crippen LogP contribution in [0.4, 0.5) is 5.82 Å². The summed E-state index contributed by atoms with van der Waals surface area (Å²) in [6.07, 6.45) is 5.10. The number of aryl methyl sites for hydroxylation is 1. The number of aromatic amines is 1. The molecular formula is C13H11BrN6O. The van der Waals surface area contributed by atoms with Gasteiger partial charge in [-0.3, -0.25) is 19.6 Å². The molecule has 0 bridgehead atoms. The lowest BCUT2D eigenvalue weighted by atomic mass is 10.2. The van der Waals surface area contributed by atoms with Gasteiger partial charge in [0, 0.05) is 37.3 Å². The molecule has 0 fully saturated rings. The number of amides is 1. The number of H-pyrrole nitrogens is 1. The van der Waals surface area contributed by atoms with Gasteiger partial charge < -0.3 is 5.32 Å². The molecule has 21 heavy (non-hydrogen) atoms. The van der Waals surface area contributed by atoms with Crippen LogP contribution in [-0.4, -0.2) is 30.9 Å². The zero-order valence-corrected chi connectivity index (χ0v) is 12.6. The molecule has 0 aliphatic rings. The molecule has 0 aliphatic heterocycles. The number of carbonyl (C=O) groups excluding carboxylic acids is 1. The molecule has 3 heterocycles. The number of anilines is 1. The average molecular weight is 347 g/mol. The van der Waals surface area contributed by atoms with Crippen LogP contribution in [0, 0.1) is 0 Å². The third kappa shape index (κ3) is 2.84. The van der Waals surface area contributed by atoms with E-state index >= 15 is 0 Å². The first-order chi connectivity index (χ1) is 10.1. The Balaban J connectivity index is 1.79. The Morgan fingerprint density at radius 1 is 1.38 bits per heavy atom. The molecule has 1 amide bonds. The van der Waals surface area contributed by atoms with Crippen molar-refractivity contribution in [3.8, 4) is 11.3 Å². The summed E-state index contributed by atoms with van der Waals surface area (Å²) in [7, 11) is 1.75. The number of nitrogens with one attached hydrogen (secondary N) is 2. The standard InChI is InChI=1S/C13H11BrN6O/c1-20-7-9(14)12(19-20)13(21)16-11-6-10(17-18-11)8-2-4-15-5-3-8/h2-7H,1H3,(H2,16,17,18,21). The van der Waals surface area contributed by atoms with Gasteiger partial charge in [0.05, 0.1) is 10.2 Å². The summed E-state index contributed by atoms with van der Waals surface area (Å²) in [6.45, 7) is 0. The molecule has 3 aromatic rings. The van der Waals surface area contributed by atoms with Gasteiger partial charge in [-0.05, 0) is 28.1 Å². The van der Waals surface area contributed by atoms with Crippen molar-refractivity contribution in [1.29, 1.82) is 0 Å². The molecule has 0 unspecified atom stereocenters. The Labute approximate surface area is 128 Å². The van der Waals surface area contributed by atoms with Gasteiger partial charge in [0.25, 0.3) is 5.91 Å². The maximum Gasteiger partial charge on any atom is 0.278 e. The summed E-state index contributed by atoms with van der Waals surface area (Å²) in [5, 5.41) is 13.7. The number of pyridine rings is 1. The van der Waals surface area contributed by atoms with Gasteiger partial charge in [-0.1, -0.05) is 0 Å². The van der Waals surface area contributed by atoms with E-state index in [9.17, 15) is 4.79 Å². The SMILES string of the molecule is Cn1cc(Br)c(C(=O)Nc2cc(-c3ccncc3)[nH]n2)n1. The monoisotopic (exact) mass is 346 g/mol. The third-order valence-electron chi connectivity index (χ3n) is 2.81. The fourth-order valence-corrected chi connectivity index (χ4v) is 2.41. The zero-order valence-electron chi connectivity index (χ0n) is 11.0. The highest BCUT2D eigenvalue weighted by Gasteiger charge is 2.15. The first kappa shape index (κ1) is 13.5. The van der Waals surface area contributed by atoms with Crippen molar-refractivity contribution in [3.05, 3.63) is 47.0 Å². The molecule has 3 aromatic heterocycles. The van der Waals surface area contributed by atoms with Gasteiger partial charge in [-0.15, -0.1) is 0 Å². The molecule has 0 radical (unpaired) electrons. The van der Waals surface area contributed by atoms with Crippen molar-refractivity contribution in [2.24, 2.45) is 7.05 Å². The van der Waals surface area contributed by atoms with Gasteiger partial charge in [0.1, 0.15) is 0 Å². The third-order valence-corrected chi connectivity index (χ3v) is 3.39. The van der Waals surface area contributed by atoms with Crippen LogP contribution < -0.4 is 5.32 Å². The molecule has 7 nitrogen and oxygen atoms in total. The minimum atomic E-state index is -0.324. The zero-order chi connectivity index (χ0) is 14.8. The smallest absolute Gasteiger partial charge is 0.278 e. The molecule has 0 aromatic carbocycles. The van der Waals surface area contributed by atoms with Crippen LogP contribution in [0.5, 0.6) is 0 Å². The minimum absolute atomic E-state index is 0.311. The second-order valence-corrected chi connectivity index (χ2v) is 5.21. The van der Waals surface area contributed by atoms with E-state index in [1.807, 2.05) is 12.1 Å². The number of hydrogen-bond acceptors (Lipinski definition) is 4. The van der Waals surface area contributed by atoms with E-state index in [-0.39, 0.29) is 5.91 Å². The van der Waals surface area contributed by atoms with Crippen molar-refractivity contribution in [2.75, 3.05) is 5.32 Å². The van der Waals surface area contributed by atoms with Crippen molar-refractivity contribution in [3.63, 3.8) is 0 Å². The Morgan fingerprint density at radius 2 is 2.14 bits per heavy atom. The Morgan fingerprint density at radius 3 is 2.81 bits per heavy atom. The molecule has 2 N–H and O–H groups in total. The van der Waals surface area contributed by atoms with E-state index in [2.05, 4.69) is 41.5 Å². The first-order valence-corrected chi connectivity index (χ1v) is 6.89. The van der Waals surface area contributed by atoms with Crippen LogP contribution in [0.25, 0.3) is 11.3 Å². The van der Waals surface area contributed by atoms with Gasteiger partial charge >= 0.3 is 0 Å². The fraction of sp³-hybridized carbons (Fsp3) is 0.0769. The fourth-order valence-electron chi connectivity index (χ4n) is 1.85. The number of aromatic nitrogens is 5. The molecule has 0 saturated heterocycles. The number of hydrogen-bond donors (Lipinski definition) is 2. The maximum atomic E-state index is 12.1. The van der Waals surface area contributed by atoms with Crippen LogP contribution in [0.3, 0.4) is 0 Å². The predicted octanol–water partition coefficient (Wildman–Crippen LogP) is 2.22. The summed E-state index contributed by atoms with van der Waals surface area (Å²) >= 11 is 3.29.